The number of hydrogen-bond donors (Lipinski definition) is 1. The minimum atomic E-state index is -0.375. The van der Waals surface area contributed by atoms with E-state index in [9.17, 15) is 9.59 Å². The number of nitrogens with one attached hydrogen (secondary N) is 1. The third kappa shape index (κ3) is 3.79. The van der Waals surface area contributed by atoms with Crippen LogP contribution in [0.2, 0.25) is 0 Å². The highest BCUT2D eigenvalue weighted by atomic mass is 16.5. The largest absolute Gasteiger partial charge is 0.468 e. The molecule has 0 amide bonds. The fraction of sp³-hybridized carbons (Fsp3) is 0.429. The van der Waals surface area contributed by atoms with Gasteiger partial charge in [0, 0.05) is 13.0 Å². The number of esters is 2. The lowest BCUT2D eigenvalue weighted by molar-refractivity contribution is -0.149. The molecule has 102 valence electrons. The topological polar surface area (TPSA) is 64.6 Å². The van der Waals surface area contributed by atoms with Gasteiger partial charge in [-0.15, -0.1) is 0 Å². The van der Waals surface area contributed by atoms with Crippen molar-refractivity contribution < 1.29 is 19.1 Å². The van der Waals surface area contributed by atoms with E-state index in [4.69, 9.17) is 4.74 Å². The van der Waals surface area contributed by atoms with Gasteiger partial charge in [-0.05, 0) is 5.56 Å². The van der Waals surface area contributed by atoms with E-state index in [0.717, 1.165) is 5.56 Å². The molecule has 0 aromatic heterocycles. The van der Waals surface area contributed by atoms with Gasteiger partial charge in [0.15, 0.2) is 0 Å². The maximum Gasteiger partial charge on any atom is 0.323 e. The highest BCUT2D eigenvalue weighted by Gasteiger charge is 2.32. The van der Waals surface area contributed by atoms with Crippen LogP contribution in [0.15, 0.2) is 30.3 Å². The van der Waals surface area contributed by atoms with Crippen molar-refractivity contribution in [3.05, 3.63) is 35.9 Å². The van der Waals surface area contributed by atoms with Crippen molar-refractivity contribution in [3.63, 3.8) is 0 Å². The Morgan fingerprint density at radius 2 is 2.05 bits per heavy atom. The highest BCUT2D eigenvalue weighted by Crippen LogP contribution is 2.13. The van der Waals surface area contributed by atoms with E-state index >= 15 is 0 Å². The minimum Gasteiger partial charge on any atom is -0.468 e. The Kier molecular flexibility index (Phi) is 4.52. The Hall–Kier alpha value is -1.88. The zero-order valence-corrected chi connectivity index (χ0v) is 10.8. The first-order chi connectivity index (χ1) is 9.19. The van der Waals surface area contributed by atoms with Crippen LogP contribution in [0.4, 0.5) is 0 Å². The molecule has 0 radical (unpaired) electrons. The summed E-state index contributed by atoms with van der Waals surface area (Å²) < 4.78 is 9.97. The second-order valence-corrected chi connectivity index (χ2v) is 4.49. The molecule has 1 heterocycles. The van der Waals surface area contributed by atoms with Crippen molar-refractivity contribution >= 4 is 11.9 Å². The van der Waals surface area contributed by atoms with Crippen LogP contribution in [-0.4, -0.2) is 37.7 Å². The van der Waals surface area contributed by atoms with Crippen LogP contribution in [-0.2, 0) is 25.5 Å². The van der Waals surface area contributed by atoms with E-state index in [1.165, 1.54) is 7.11 Å². The van der Waals surface area contributed by atoms with Crippen LogP contribution in [0.25, 0.3) is 0 Å². The summed E-state index contributed by atoms with van der Waals surface area (Å²) in [6.45, 7) is 0.486. The smallest absolute Gasteiger partial charge is 0.323 e. The number of carbonyl (C=O) groups is 2. The number of benzene rings is 1. The van der Waals surface area contributed by atoms with Crippen molar-refractivity contribution in [1.29, 1.82) is 0 Å². The van der Waals surface area contributed by atoms with E-state index < -0.39 is 0 Å². The van der Waals surface area contributed by atoms with Crippen molar-refractivity contribution in [1.82, 2.24) is 5.32 Å². The molecule has 1 N–H and O–H groups in total. The minimum absolute atomic E-state index is 0.250. The molecule has 2 atom stereocenters. The van der Waals surface area contributed by atoms with Crippen LogP contribution in [0.1, 0.15) is 12.0 Å². The molecule has 1 aromatic rings. The molecule has 19 heavy (non-hydrogen) atoms. The average molecular weight is 263 g/mol. The van der Waals surface area contributed by atoms with Gasteiger partial charge < -0.3 is 14.8 Å². The fourth-order valence-electron chi connectivity index (χ4n) is 2.10. The predicted molar refractivity (Wildman–Crippen MR) is 68.4 cm³/mol. The summed E-state index contributed by atoms with van der Waals surface area (Å²) >= 11 is 0. The molecule has 2 rings (SSSR count). The number of hydrogen-bond acceptors (Lipinski definition) is 5. The van der Waals surface area contributed by atoms with E-state index in [-0.39, 0.29) is 30.5 Å². The molecule has 0 saturated carbocycles. The molecule has 0 aliphatic carbocycles. The normalized spacial score (nSPS) is 21.9. The van der Waals surface area contributed by atoms with Crippen molar-refractivity contribution in [2.45, 2.75) is 25.0 Å². The molecular formula is C14H17NO4. The standard InChI is InChI=1S/C14H17NO4/c1-18-14(17)12-8-11(9-15-12)19-13(16)7-10-5-3-2-4-6-10/h2-6,11-12,15H,7-9H2,1H3. The van der Waals surface area contributed by atoms with E-state index in [1.54, 1.807) is 0 Å². The van der Waals surface area contributed by atoms with E-state index in [2.05, 4.69) is 10.1 Å². The summed E-state index contributed by atoms with van der Waals surface area (Å²) in [5.74, 6) is -0.592. The third-order valence-corrected chi connectivity index (χ3v) is 3.07. The summed E-state index contributed by atoms with van der Waals surface area (Å²) in [7, 11) is 1.35. The lowest BCUT2D eigenvalue weighted by Gasteiger charge is -2.11. The zero-order valence-electron chi connectivity index (χ0n) is 10.8. The van der Waals surface area contributed by atoms with Crippen LogP contribution < -0.4 is 5.32 Å². The summed E-state index contributed by atoms with van der Waals surface area (Å²) in [4.78, 5) is 23.1. The molecule has 1 aliphatic heterocycles. The summed E-state index contributed by atoms with van der Waals surface area (Å²) in [6.07, 6.45) is 0.452. The van der Waals surface area contributed by atoms with Gasteiger partial charge in [0.25, 0.3) is 0 Å². The van der Waals surface area contributed by atoms with Gasteiger partial charge in [-0.25, -0.2) is 0 Å². The molecule has 5 nitrogen and oxygen atoms in total. The monoisotopic (exact) mass is 263 g/mol. The second-order valence-electron chi connectivity index (χ2n) is 4.49. The van der Waals surface area contributed by atoms with Gasteiger partial charge in [-0.1, -0.05) is 30.3 Å². The number of rotatable bonds is 4. The molecule has 1 aliphatic rings. The number of methoxy groups -OCH3 is 1. The Morgan fingerprint density at radius 1 is 1.32 bits per heavy atom. The lowest BCUT2D eigenvalue weighted by atomic mass is 10.1. The van der Waals surface area contributed by atoms with Crippen molar-refractivity contribution in [2.75, 3.05) is 13.7 Å². The lowest BCUT2D eigenvalue weighted by Crippen LogP contribution is -2.31. The molecule has 0 spiro atoms. The summed E-state index contributed by atoms with van der Waals surface area (Å²) in [6, 6.07) is 9.05. The Labute approximate surface area is 111 Å². The van der Waals surface area contributed by atoms with Gasteiger partial charge >= 0.3 is 11.9 Å². The van der Waals surface area contributed by atoms with Crippen LogP contribution in [0.5, 0.6) is 0 Å². The first-order valence-corrected chi connectivity index (χ1v) is 6.23. The predicted octanol–water partition coefficient (Wildman–Crippen LogP) is 0.676. The molecule has 5 heteroatoms. The van der Waals surface area contributed by atoms with Crippen LogP contribution in [0.3, 0.4) is 0 Å². The Bertz CT molecular complexity index is 446. The SMILES string of the molecule is COC(=O)C1CC(OC(=O)Cc2ccccc2)CN1. The molecule has 2 unspecified atom stereocenters. The number of ether oxygens (including phenoxy) is 2. The first-order valence-electron chi connectivity index (χ1n) is 6.23. The summed E-state index contributed by atoms with van der Waals surface area (Å²) in [5, 5.41) is 2.97. The van der Waals surface area contributed by atoms with E-state index in [0.29, 0.717) is 13.0 Å². The van der Waals surface area contributed by atoms with E-state index in [1.807, 2.05) is 30.3 Å². The van der Waals surface area contributed by atoms with Crippen molar-refractivity contribution in [2.24, 2.45) is 0 Å². The average Bonchev–Trinajstić information content (AvgIpc) is 2.87. The first kappa shape index (κ1) is 13.5. The molecule has 0 bridgehead atoms. The van der Waals surface area contributed by atoms with Gasteiger partial charge in [-0.3, -0.25) is 9.59 Å². The van der Waals surface area contributed by atoms with Gasteiger partial charge in [0.05, 0.1) is 13.5 Å². The highest BCUT2D eigenvalue weighted by molar-refractivity contribution is 5.76. The maximum atomic E-state index is 11.7. The van der Waals surface area contributed by atoms with Gasteiger partial charge in [0.1, 0.15) is 12.1 Å². The van der Waals surface area contributed by atoms with Crippen LogP contribution in [0, 0.1) is 0 Å². The third-order valence-electron chi connectivity index (χ3n) is 3.07. The molecule has 1 saturated heterocycles. The maximum absolute atomic E-state index is 11.7. The fourth-order valence-corrected chi connectivity index (χ4v) is 2.10. The molecule has 1 fully saturated rings. The molecule has 1 aromatic carbocycles. The zero-order chi connectivity index (χ0) is 13.7. The van der Waals surface area contributed by atoms with Gasteiger partial charge in [-0.2, -0.15) is 0 Å². The van der Waals surface area contributed by atoms with Gasteiger partial charge in [0.2, 0.25) is 0 Å². The molecular weight excluding hydrogens is 246 g/mol. The summed E-state index contributed by atoms with van der Waals surface area (Å²) in [5.41, 5.74) is 0.919. The Morgan fingerprint density at radius 3 is 2.74 bits per heavy atom. The van der Waals surface area contributed by atoms with Crippen LogP contribution >= 0.6 is 0 Å². The Balaban J connectivity index is 1.79. The van der Waals surface area contributed by atoms with Crippen molar-refractivity contribution in [3.8, 4) is 0 Å². The quantitative estimate of drug-likeness (QED) is 0.809. The second kappa shape index (κ2) is 6.33. The number of carbonyl (C=O) groups excluding carboxylic acids is 2.